The fourth-order valence-corrected chi connectivity index (χ4v) is 1.84. The van der Waals surface area contributed by atoms with Gasteiger partial charge >= 0.3 is 0 Å². The van der Waals surface area contributed by atoms with Crippen molar-refractivity contribution in [1.82, 2.24) is 14.9 Å². The van der Waals surface area contributed by atoms with E-state index in [-0.39, 0.29) is 5.78 Å². The first-order chi connectivity index (χ1) is 10.5. The average molecular weight is 299 g/mol. The quantitative estimate of drug-likeness (QED) is 0.765. The molecule has 0 aliphatic carbocycles. The van der Waals surface area contributed by atoms with Crippen LogP contribution in [0.25, 0.3) is 0 Å². The summed E-state index contributed by atoms with van der Waals surface area (Å²) in [7, 11) is 4.04. The van der Waals surface area contributed by atoms with Crippen LogP contribution in [0.4, 0.5) is 17.5 Å². The third kappa shape index (κ3) is 4.82. The van der Waals surface area contributed by atoms with Crippen LogP contribution in [0.15, 0.2) is 36.5 Å². The number of carbonyl (C=O) groups is 1. The molecular weight excluding hydrogens is 278 g/mol. The molecule has 0 radical (unpaired) electrons. The third-order valence-corrected chi connectivity index (χ3v) is 3.06. The highest BCUT2D eigenvalue weighted by molar-refractivity contribution is 5.94. The maximum absolute atomic E-state index is 11.3. The zero-order valence-electron chi connectivity index (χ0n) is 13.1. The lowest BCUT2D eigenvalue weighted by Gasteiger charge is -2.11. The van der Waals surface area contributed by atoms with Crippen molar-refractivity contribution in [3.05, 3.63) is 42.1 Å². The maximum Gasteiger partial charge on any atom is 0.224 e. The average Bonchev–Trinajstić information content (AvgIpc) is 2.48. The molecule has 116 valence electrons. The van der Waals surface area contributed by atoms with Crippen molar-refractivity contribution in [2.24, 2.45) is 0 Å². The molecule has 0 fully saturated rings. The number of likely N-dealkylation sites (N-methyl/N-ethyl adjacent to an activating group) is 1. The molecule has 0 bridgehead atoms. The summed E-state index contributed by atoms with van der Waals surface area (Å²) >= 11 is 0. The molecule has 0 spiro atoms. The largest absolute Gasteiger partial charge is 0.353 e. The van der Waals surface area contributed by atoms with Crippen LogP contribution in [0.2, 0.25) is 0 Å². The second-order valence-corrected chi connectivity index (χ2v) is 5.25. The summed E-state index contributed by atoms with van der Waals surface area (Å²) < 4.78 is 0. The minimum Gasteiger partial charge on any atom is -0.353 e. The maximum atomic E-state index is 11.3. The van der Waals surface area contributed by atoms with E-state index in [0.29, 0.717) is 17.3 Å². The highest BCUT2D eigenvalue weighted by Crippen LogP contribution is 2.16. The molecule has 22 heavy (non-hydrogen) atoms. The summed E-state index contributed by atoms with van der Waals surface area (Å²) in [5, 5.41) is 6.37. The first kappa shape index (κ1) is 15.9. The highest BCUT2D eigenvalue weighted by atomic mass is 16.1. The summed E-state index contributed by atoms with van der Waals surface area (Å²) in [6, 6.07) is 9.11. The predicted molar refractivity (Wildman–Crippen MR) is 88.8 cm³/mol. The van der Waals surface area contributed by atoms with Crippen LogP contribution in [-0.4, -0.2) is 47.8 Å². The van der Waals surface area contributed by atoms with E-state index < -0.39 is 0 Å². The van der Waals surface area contributed by atoms with E-state index in [2.05, 4.69) is 25.5 Å². The molecule has 1 aromatic heterocycles. The normalized spacial score (nSPS) is 10.5. The van der Waals surface area contributed by atoms with Crippen LogP contribution in [0.5, 0.6) is 0 Å². The molecule has 0 aliphatic heterocycles. The molecule has 2 aromatic rings. The van der Waals surface area contributed by atoms with Gasteiger partial charge in [-0.05, 0) is 51.4 Å². The number of hydrogen-bond donors (Lipinski definition) is 2. The molecule has 0 saturated heterocycles. The van der Waals surface area contributed by atoms with Crippen molar-refractivity contribution >= 4 is 23.2 Å². The molecule has 0 unspecified atom stereocenters. The Labute approximate surface area is 130 Å². The first-order valence-electron chi connectivity index (χ1n) is 7.14. The Morgan fingerprint density at radius 2 is 1.91 bits per heavy atom. The van der Waals surface area contributed by atoms with Crippen LogP contribution in [0.1, 0.15) is 17.3 Å². The Morgan fingerprint density at radius 3 is 2.55 bits per heavy atom. The Balaban J connectivity index is 1.99. The zero-order chi connectivity index (χ0) is 15.9. The lowest BCUT2D eigenvalue weighted by atomic mass is 10.1. The molecule has 1 heterocycles. The van der Waals surface area contributed by atoms with Gasteiger partial charge in [0.2, 0.25) is 5.95 Å². The number of nitrogens with zero attached hydrogens (tertiary/aromatic N) is 3. The van der Waals surface area contributed by atoms with E-state index in [4.69, 9.17) is 0 Å². The van der Waals surface area contributed by atoms with Crippen molar-refractivity contribution in [2.45, 2.75) is 6.92 Å². The Bertz CT molecular complexity index is 625. The van der Waals surface area contributed by atoms with Gasteiger partial charge in [-0.3, -0.25) is 4.79 Å². The molecular formula is C16H21N5O. The lowest BCUT2D eigenvalue weighted by Crippen LogP contribution is -2.21. The van der Waals surface area contributed by atoms with Gasteiger partial charge < -0.3 is 15.5 Å². The molecule has 6 heteroatoms. The van der Waals surface area contributed by atoms with Crippen molar-refractivity contribution < 1.29 is 4.79 Å². The first-order valence-corrected chi connectivity index (χ1v) is 7.14. The van der Waals surface area contributed by atoms with Crippen LogP contribution >= 0.6 is 0 Å². The third-order valence-electron chi connectivity index (χ3n) is 3.06. The van der Waals surface area contributed by atoms with Crippen molar-refractivity contribution in [1.29, 1.82) is 0 Å². The van der Waals surface area contributed by atoms with Gasteiger partial charge in [0.25, 0.3) is 0 Å². The monoisotopic (exact) mass is 299 g/mol. The molecule has 0 atom stereocenters. The second kappa shape index (κ2) is 7.51. The predicted octanol–water partition coefficient (Wildman–Crippen LogP) is 2.40. The van der Waals surface area contributed by atoms with Gasteiger partial charge in [-0.1, -0.05) is 0 Å². The van der Waals surface area contributed by atoms with E-state index in [1.54, 1.807) is 31.3 Å². The fourth-order valence-electron chi connectivity index (χ4n) is 1.84. The smallest absolute Gasteiger partial charge is 0.224 e. The summed E-state index contributed by atoms with van der Waals surface area (Å²) in [4.78, 5) is 21.9. The second-order valence-electron chi connectivity index (χ2n) is 5.25. The molecule has 0 aliphatic rings. The van der Waals surface area contributed by atoms with Crippen LogP contribution in [0, 0.1) is 0 Å². The summed E-state index contributed by atoms with van der Waals surface area (Å²) in [5.74, 6) is 1.35. The van der Waals surface area contributed by atoms with E-state index in [1.807, 2.05) is 26.2 Å². The minimum atomic E-state index is 0.0564. The van der Waals surface area contributed by atoms with Crippen molar-refractivity contribution in [2.75, 3.05) is 37.8 Å². The number of hydrogen-bond acceptors (Lipinski definition) is 6. The van der Waals surface area contributed by atoms with E-state index >= 15 is 0 Å². The summed E-state index contributed by atoms with van der Waals surface area (Å²) in [6.45, 7) is 3.25. The summed E-state index contributed by atoms with van der Waals surface area (Å²) in [5.41, 5.74) is 1.57. The summed E-state index contributed by atoms with van der Waals surface area (Å²) in [6.07, 6.45) is 1.71. The number of Topliss-reactive ketones (excluding diaryl/α,β-unsaturated/α-hetero) is 1. The Kier molecular flexibility index (Phi) is 5.43. The number of anilines is 3. The van der Waals surface area contributed by atoms with Gasteiger partial charge in [0.15, 0.2) is 5.78 Å². The molecule has 0 amide bonds. The Hall–Kier alpha value is -2.47. The van der Waals surface area contributed by atoms with Crippen LogP contribution in [-0.2, 0) is 0 Å². The molecule has 2 N–H and O–H groups in total. The number of nitrogens with one attached hydrogen (secondary N) is 2. The highest BCUT2D eigenvalue weighted by Gasteiger charge is 2.02. The number of rotatable bonds is 7. The molecule has 0 saturated carbocycles. The lowest BCUT2D eigenvalue weighted by molar-refractivity contribution is 0.101. The standard InChI is InChI=1S/C16H21N5O/c1-12(22)13-4-6-14(7-5-13)19-15-8-9-17-16(20-15)18-10-11-21(2)3/h4-9H,10-11H2,1-3H3,(H2,17,18,19,20). The van der Waals surface area contributed by atoms with Gasteiger partial charge in [-0.2, -0.15) is 4.98 Å². The number of aromatic nitrogens is 2. The van der Waals surface area contributed by atoms with Crippen LogP contribution in [0.3, 0.4) is 0 Å². The topological polar surface area (TPSA) is 70.2 Å². The van der Waals surface area contributed by atoms with Crippen molar-refractivity contribution in [3.63, 3.8) is 0 Å². The number of ketones is 1. The zero-order valence-corrected chi connectivity index (χ0v) is 13.1. The van der Waals surface area contributed by atoms with E-state index in [1.165, 1.54) is 0 Å². The number of carbonyl (C=O) groups excluding carboxylic acids is 1. The number of benzene rings is 1. The van der Waals surface area contributed by atoms with Gasteiger partial charge in [-0.15, -0.1) is 0 Å². The van der Waals surface area contributed by atoms with Gasteiger partial charge in [-0.25, -0.2) is 4.98 Å². The van der Waals surface area contributed by atoms with E-state index in [0.717, 1.165) is 18.8 Å². The van der Waals surface area contributed by atoms with E-state index in [9.17, 15) is 4.79 Å². The van der Waals surface area contributed by atoms with Gasteiger partial charge in [0.05, 0.1) is 0 Å². The van der Waals surface area contributed by atoms with Crippen LogP contribution < -0.4 is 10.6 Å². The van der Waals surface area contributed by atoms with Gasteiger partial charge in [0.1, 0.15) is 5.82 Å². The Morgan fingerprint density at radius 1 is 1.18 bits per heavy atom. The molecule has 1 aromatic carbocycles. The molecule has 2 rings (SSSR count). The fraction of sp³-hybridized carbons (Fsp3) is 0.312. The molecule has 6 nitrogen and oxygen atoms in total. The van der Waals surface area contributed by atoms with Crippen molar-refractivity contribution in [3.8, 4) is 0 Å². The van der Waals surface area contributed by atoms with Gasteiger partial charge in [0, 0.05) is 30.5 Å². The SMILES string of the molecule is CC(=O)c1ccc(Nc2ccnc(NCCN(C)C)n2)cc1. The minimum absolute atomic E-state index is 0.0564.